The van der Waals surface area contributed by atoms with Crippen molar-refractivity contribution in [3.8, 4) is 0 Å². The molecule has 0 spiro atoms. The van der Waals surface area contributed by atoms with Crippen LogP contribution < -0.4 is 0 Å². The molecule has 0 amide bonds. The molecule has 1 aromatic rings. The first kappa shape index (κ1) is 21.1. The van der Waals surface area contributed by atoms with Gasteiger partial charge in [0.25, 0.3) is 0 Å². The van der Waals surface area contributed by atoms with Crippen LogP contribution in [-0.4, -0.2) is 54.2 Å². The Morgan fingerprint density at radius 1 is 1.07 bits per heavy atom. The Labute approximate surface area is 169 Å². The maximum Gasteiger partial charge on any atom is 0.303 e. The molecule has 5 atom stereocenters. The molecule has 2 aliphatic heterocycles. The Balaban J connectivity index is 1.90. The molecule has 28 heavy (non-hydrogen) atoms. The minimum absolute atomic E-state index is 0.285. The normalized spacial score (nSPS) is 31.5. The molecule has 2 saturated heterocycles. The zero-order chi connectivity index (χ0) is 20.5. The minimum atomic E-state index is -0.860. The fourth-order valence-corrected chi connectivity index (χ4v) is 4.39. The van der Waals surface area contributed by atoms with Gasteiger partial charge in [-0.05, 0) is 32.9 Å². The van der Waals surface area contributed by atoms with Crippen LogP contribution in [0.15, 0.2) is 29.2 Å². The molecule has 5 unspecified atom stereocenters. The van der Waals surface area contributed by atoms with E-state index in [1.54, 1.807) is 13.8 Å². The Morgan fingerprint density at radius 3 is 2.29 bits per heavy atom. The van der Waals surface area contributed by atoms with Gasteiger partial charge >= 0.3 is 11.9 Å². The van der Waals surface area contributed by atoms with Crippen LogP contribution in [0.25, 0.3) is 0 Å². The molecular formula is C20H26O7S. The number of aryl methyl sites for hydroxylation is 1. The van der Waals surface area contributed by atoms with E-state index < -0.39 is 47.6 Å². The highest BCUT2D eigenvalue weighted by atomic mass is 32.2. The summed E-state index contributed by atoms with van der Waals surface area (Å²) in [5.74, 6) is -1.82. The van der Waals surface area contributed by atoms with Crippen molar-refractivity contribution < 1.29 is 33.3 Å². The van der Waals surface area contributed by atoms with Gasteiger partial charge in [-0.15, -0.1) is 0 Å². The lowest BCUT2D eigenvalue weighted by Gasteiger charge is -2.50. The fraction of sp³-hybridized carbons (Fsp3) is 0.600. The number of fused-ring (bicyclic) bond motifs is 1. The van der Waals surface area contributed by atoms with Crippen LogP contribution in [0.1, 0.15) is 33.3 Å². The largest absolute Gasteiger partial charge is 0.456 e. The van der Waals surface area contributed by atoms with Crippen LogP contribution in [0.3, 0.4) is 0 Å². The molecular weight excluding hydrogens is 384 g/mol. The van der Waals surface area contributed by atoms with Crippen molar-refractivity contribution in [2.45, 2.75) is 75.2 Å². The summed E-state index contributed by atoms with van der Waals surface area (Å²) in [4.78, 5) is 24.5. The van der Waals surface area contributed by atoms with Crippen LogP contribution in [-0.2, 0) is 33.3 Å². The number of carbonyl (C=O) groups excluding carboxylic acids is 2. The molecule has 0 aromatic heterocycles. The van der Waals surface area contributed by atoms with E-state index in [-0.39, 0.29) is 6.61 Å². The van der Waals surface area contributed by atoms with Crippen molar-refractivity contribution in [2.75, 3.05) is 6.61 Å². The van der Waals surface area contributed by atoms with Crippen molar-refractivity contribution in [1.82, 2.24) is 0 Å². The zero-order valence-electron chi connectivity index (χ0n) is 16.7. The average molecular weight is 410 g/mol. The van der Waals surface area contributed by atoms with Crippen LogP contribution in [0.5, 0.6) is 0 Å². The first-order valence-electron chi connectivity index (χ1n) is 9.19. The van der Waals surface area contributed by atoms with Gasteiger partial charge in [0.1, 0.15) is 17.6 Å². The van der Waals surface area contributed by atoms with E-state index in [0.29, 0.717) is 0 Å². The van der Waals surface area contributed by atoms with Gasteiger partial charge in [0.05, 0.1) is 6.61 Å². The first-order valence-corrected chi connectivity index (χ1v) is 10.1. The van der Waals surface area contributed by atoms with Gasteiger partial charge < -0.3 is 23.7 Å². The summed E-state index contributed by atoms with van der Waals surface area (Å²) in [6.07, 6.45) is -2.67. The average Bonchev–Trinajstić information content (AvgIpc) is 2.59. The fourth-order valence-electron chi connectivity index (χ4n) is 3.29. The predicted molar refractivity (Wildman–Crippen MR) is 102 cm³/mol. The van der Waals surface area contributed by atoms with E-state index in [2.05, 4.69) is 0 Å². The van der Waals surface area contributed by atoms with Gasteiger partial charge in [-0.25, -0.2) is 0 Å². The third-order valence-corrected chi connectivity index (χ3v) is 5.64. The topological polar surface area (TPSA) is 80.3 Å². The Morgan fingerprint density at radius 2 is 1.68 bits per heavy atom. The van der Waals surface area contributed by atoms with E-state index in [0.717, 1.165) is 10.5 Å². The monoisotopic (exact) mass is 410 g/mol. The third-order valence-electron chi connectivity index (χ3n) is 4.48. The number of benzene rings is 1. The second-order valence-electron chi connectivity index (χ2n) is 7.42. The van der Waals surface area contributed by atoms with Gasteiger partial charge in [-0.2, -0.15) is 0 Å². The minimum Gasteiger partial charge on any atom is -0.456 e. The molecule has 2 aliphatic rings. The standard InChI is InChI=1S/C20H26O7S/c1-11-6-8-14(9-7-11)28-19-18(25-13(3)22)17(24-12(2)21)16-15(26-19)10-23-20(4,5)27-16/h6-9,15-19H,10H2,1-5H3. The maximum absolute atomic E-state index is 11.8. The number of thioether (sulfide) groups is 1. The summed E-state index contributed by atoms with van der Waals surface area (Å²) < 4.78 is 29.0. The summed E-state index contributed by atoms with van der Waals surface area (Å²) in [5, 5.41) is 0. The Hall–Kier alpha value is -1.61. The number of hydrogen-bond acceptors (Lipinski definition) is 8. The highest BCUT2D eigenvalue weighted by Gasteiger charge is 2.54. The second kappa shape index (κ2) is 8.41. The van der Waals surface area contributed by atoms with Crippen molar-refractivity contribution in [3.63, 3.8) is 0 Å². The lowest BCUT2D eigenvalue weighted by Crippen LogP contribution is -2.65. The number of carbonyl (C=O) groups is 2. The lowest BCUT2D eigenvalue weighted by molar-refractivity contribution is -0.351. The van der Waals surface area contributed by atoms with Crippen molar-refractivity contribution >= 4 is 23.7 Å². The third kappa shape index (κ3) is 5.05. The molecule has 0 N–H and O–H groups in total. The molecule has 3 rings (SSSR count). The summed E-state index contributed by atoms with van der Waals surface area (Å²) in [7, 11) is 0. The quantitative estimate of drug-likeness (QED) is 0.701. The molecule has 7 nitrogen and oxygen atoms in total. The SMILES string of the molecule is CC(=O)OC1C(Sc2ccc(C)cc2)OC2COC(C)(C)OC2C1OC(C)=O. The van der Waals surface area contributed by atoms with Crippen LogP contribution in [0.2, 0.25) is 0 Å². The predicted octanol–water partition coefficient (Wildman–Crippen LogP) is 2.83. The Kier molecular flexibility index (Phi) is 6.34. The second-order valence-corrected chi connectivity index (χ2v) is 8.59. The van der Waals surface area contributed by atoms with E-state index in [1.807, 2.05) is 31.2 Å². The van der Waals surface area contributed by atoms with Gasteiger partial charge in [-0.1, -0.05) is 29.5 Å². The molecule has 154 valence electrons. The van der Waals surface area contributed by atoms with Crippen molar-refractivity contribution in [2.24, 2.45) is 0 Å². The number of esters is 2. The summed E-state index contributed by atoms with van der Waals surface area (Å²) in [6.45, 7) is 8.49. The van der Waals surface area contributed by atoms with Crippen molar-refractivity contribution in [3.05, 3.63) is 29.8 Å². The van der Waals surface area contributed by atoms with Crippen LogP contribution >= 0.6 is 11.8 Å². The number of rotatable bonds is 4. The van der Waals surface area contributed by atoms with E-state index in [9.17, 15) is 9.59 Å². The molecule has 2 fully saturated rings. The van der Waals surface area contributed by atoms with Gasteiger partial charge in [0.15, 0.2) is 18.0 Å². The molecule has 0 saturated carbocycles. The van der Waals surface area contributed by atoms with Crippen LogP contribution in [0.4, 0.5) is 0 Å². The highest BCUT2D eigenvalue weighted by Crippen LogP contribution is 2.40. The summed E-state index contributed by atoms with van der Waals surface area (Å²) in [5.41, 5.74) is 0.560. The molecule has 1 aromatic carbocycles. The summed E-state index contributed by atoms with van der Waals surface area (Å²) >= 11 is 1.41. The van der Waals surface area contributed by atoms with Gasteiger partial charge in [0, 0.05) is 18.7 Å². The lowest BCUT2D eigenvalue weighted by atomic mass is 9.98. The maximum atomic E-state index is 11.8. The molecule has 8 heteroatoms. The van der Waals surface area contributed by atoms with Crippen molar-refractivity contribution in [1.29, 1.82) is 0 Å². The van der Waals surface area contributed by atoms with E-state index in [4.69, 9.17) is 23.7 Å². The molecule has 0 aliphatic carbocycles. The molecule has 0 bridgehead atoms. The smallest absolute Gasteiger partial charge is 0.303 e. The highest BCUT2D eigenvalue weighted by molar-refractivity contribution is 7.99. The zero-order valence-corrected chi connectivity index (χ0v) is 17.5. The van der Waals surface area contributed by atoms with Crippen LogP contribution in [0, 0.1) is 6.92 Å². The number of hydrogen-bond donors (Lipinski definition) is 0. The summed E-state index contributed by atoms with van der Waals surface area (Å²) in [6, 6.07) is 7.93. The molecule has 2 heterocycles. The Bertz CT molecular complexity index is 718. The van der Waals surface area contributed by atoms with E-state index in [1.165, 1.54) is 25.6 Å². The van der Waals surface area contributed by atoms with Gasteiger partial charge in [0.2, 0.25) is 0 Å². The van der Waals surface area contributed by atoms with E-state index >= 15 is 0 Å². The van der Waals surface area contributed by atoms with Gasteiger partial charge in [-0.3, -0.25) is 9.59 Å². The number of ether oxygens (including phenoxy) is 5. The first-order chi connectivity index (χ1) is 13.1. The molecule has 0 radical (unpaired) electrons.